The molecule has 0 unspecified atom stereocenters. The van der Waals surface area contributed by atoms with E-state index in [9.17, 15) is 15.0 Å². The number of amides is 1. The zero-order valence-electron chi connectivity index (χ0n) is 16.6. The topological polar surface area (TPSA) is 67.2 Å². The summed E-state index contributed by atoms with van der Waals surface area (Å²) in [5, 5.41) is 19.4. The summed E-state index contributed by atoms with van der Waals surface area (Å²) in [6.45, 7) is 7.86. The number of hydrogen-bond acceptors (Lipinski definition) is 5. The number of aliphatic hydroxyl groups is 1. The molecule has 2 saturated heterocycles. The van der Waals surface area contributed by atoms with Crippen LogP contribution in [-0.2, 0) is 0 Å². The van der Waals surface area contributed by atoms with E-state index in [0.29, 0.717) is 24.1 Å². The van der Waals surface area contributed by atoms with Gasteiger partial charge < -0.3 is 20.0 Å². The molecule has 1 aromatic rings. The molecule has 1 aromatic carbocycles. The van der Waals surface area contributed by atoms with Crippen LogP contribution in [-0.4, -0.2) is 89.8 Å². The molecule has 2 N–H and O–H groups in total. The standard InChI is InChI=1S/C21H33N3O3/c1-16-5-6-20(26)18(14-16)21(27)24-8-7-19(17(15-24)4-3-13-25)23-11-9-22(2)10-12-23/h5-6,14,17,19,25-26H,3-4,7-13,15H2,1-2H3/t17-,19+/m0/s1. The van der Waals surface area contributed by atoms with Gasteiger partial charge in [0.05, 0.1) is 5.56 Å². The number of likely N-dealkylation sites (tertiary alicyclic amines) is 1. The monoisotopic (exact) mass is 375 g/mol. The van der Waals surface area contributed by atoms with Crippen molar-refractivity contribution in [2.75, 3.05) is 52.9 Å². The summed E-state index contributed by atoms with van der Waals surface area (Å²) in [7, 11) is 2.16. The number of hydrogen-bond donors (Lipinski definition) is 2. The fraction of sp³-hybridized carbons (Fsp3) is 0.667. The molecule has 0 spiro atoms. The van der Waals surface area contributed by atoms with Gasteiger partial charge in [-0.1, -0.05) is 11.6 Å². The molecule has 0 radical (unpaired) electrons. The number of nitrogens with zero attached hydrogens (tertiary/aromatic N) is 3. The van der Waals surface area contributed by atoms with Crippen LogP contribution in [0, 0.1) is 12.8 Å². The number of piperidine rings is 1. The van der Waals surface area contributed by atoms with Gasteiger partial charge in [-0.2, -0.15) is 0 Å². The minimum Gasteiger partial charge on any atom is -0.507 e. The van der Waals surface area contributed by atoms with E-state index in [1.807, 2.05) is 17.9 Å². The van der Waals surface area contributed by atoms with Crippen LogP contribution < -0.4 is 0 Å². The van der Waals surface area contributed by atoms with Crippen molar-refractivity contribution in [1.29, 1.82) is 0 Å². The number of aliphatic hydroxyl groups excluding tert-OH is 1. The largest absolute Gasteiger partial charge is 0.507 e. The summed E-state index contributed by atoms with van der Waals surface area (Å²) in [4.78, 5) is 19.8. The summed E-state index contributed by atoms with van der Waals surface area (Å²) >= 11 is 0. The molecule has 2 fully saturated rings. The Morgan fingerprint density at radius 2 is 1.93 bits per heavy atom. The highest BCUT2D eigenvalue weighted by atomic mass is 16.3. The van der Waals surface area contributed by atoms with Gasteiger partial charge in [-0.05, 0) is 51.3 Å². The van der Waals surface area contributed by atoms with Gasteiger partial charge in [0.1, 0.15) is 5.75 Å². The Balaban J connectivity index is 1.71. The van der Waals surface area contributed by atoms with Crippen molar-refractivity contribution in [3.63, 3.8) is 0 Å². The van der Waals surface area contributed by atoms with Gasteiger partial charge in [0.25, 0.3) is 5.91 Å². The van der Waals surface area contributed by atoms with Crippen LogP contribution in [0.1, 0.15) is 35.2 Å². The van der Waals surface area contributed by atoms with Crippen molar-refractivity contribution < 1.29 is 15.0 Å². The van der Waals surface area contributed by atoms with E-state index in [0.717, 1.165) is 57.5 Å². The smallest absolute Gasteiger partial charge is 0.257 e. The number of piperazine rings is 1. The fourth-order valence-corrected chi connectivity index (χ4v) is 4.47. The average Bonchev–Trinajstić information content (AvgIpc) is 2.68. The van der Waals surface area contributed by atoms with Gasteiger partial charge in [0, 0.05) is 51.9 Å². The molecule has 27 heavy (non-hydrogen) atoms. The molecule has 6 nitrogen and oxygen atoms in total. The van der Waals surface area contributed by atoms with Crippen LogP contribution >= 0.6 is 0 Å². The molecule has 6 heteroatoms. The third kappa shape index (κ3) is 4.81. The Kier molecular flexibility index (Phi) is 6.73. The van der Waals surface area contributed by atoms with Crippen molar-refractivity contribution in [1.82, 2.24) is 14.7 Å². The lowest BCUT2D eigenvalue weighted by molar-refractivity contribution is 0.0216. The van der Waals surface area contributed by atoms with Gasteiger partial charge in [0.2, 0.25) is 0 Å². The van der Waals surface area contributed by atoms with Gasteiger partial charge in [-0.3, -0.25) is 9.69 Å². The number of phenols is 1. The Hall–Kier alpha value is -1.63. The van der Waals surface area contributed by atoms with Crippen LogP contribution in [0.15, 0.2) is 18.2 Å². The Morgan fingerprint density at radius 3 is 2.63 bits per heavy atom. The maximum absolute atomic E-state index is 13.0. The summed E-state index contributed by atoms with van der Waals surface area (Å²) < 4.78 is 0. The van der Waals surface area contributed by atoms with Crippen LogP contribution in [0.4, 0.5) is 0 Å². The average molecular weight is 376 g/mol. The second-order valence-corrected chi connectivity index (χ2v) is 8.09. The molecule has 0 aliphatic carbocycles. The van der Waals surface area contributed by atoms with Gasteiger partial charge in [-0.15, -0.1) is 0 Å². The molecule has 0 bridgehead atoms. The van der Waals surface area contributed by atoms with Crippen molar-refractivity contribution in [3.05, 3.63) is 29.3 Å². The highest BCUT2D eigenvalue weighted by Crippen LogP contribution is 2.29. The number of phenolic OH excluding ortho intramolecular Hbond substituents is 1. The Labute approximate surface area is 162 Å². The molecule has 2 aliphatic heterocycles. The summed E-state index contributed by atoms with van der Waals surface area (Å²) in [5.41, 5.74) is 1.37. The van der Waals surface area contributed by atoms with Crippen LogP contribution in [0.5, 0.6) is 5.75 Å². The molecule has 1 amide bonds. The highest BCUT2D eigenvalue weighted by Gasteiger charge is 2.36. The zero-order chi connectivity index (χ0) is 19.4. The molecule has 3 rings (SSSR count). The first-order valence-corrected chi connectivity index (χ1v) is 10.1. The van der Waals surface area contributed by atoms with Crippen LogP contribution in [0.3, 0.4) is 0 Å². The Bertz CT molecular complexity index is 644. The quantitative estimate of drug-likeness (QED) is 0.817. The van der Waals surface area contributed by atoms with E-state index in [1.165, 1.54) is 0 Å². The number of aromatic hydroxyl groups is 1. The number of carbonyl (C=O) groups excluding carboxylic acids is 1. The lowest BCUT2D eigenvalue weighted by atomic mass is 9.86. The van der Waals surface area contributed by atoms with Gasteiger partial charge in [-0.25, -0.2) is 0 Å². The summed E-state index contributed by atoms with van der Waals surface area (Å²) in [5.74, 6) is 0.339. The van der Waals surface area contributed by atoms with Crippen LogP contribution in [0.2, 0.25) is 0 Å². The lowest BCUT2D eigenvalue weighted by Gasteiger charge is -2.46. The molecule has 2 atom stereocenters. The number of rotatable bonds is 5. The number of aryl methyl sites for hydroxylation is 1. The Morgan fingerprint density at radius 1 is 1.19 bits per heavy atom. The third-order valence-electron chi connectivity index (χ3n) is 6.10. The molecule has 150 valence electrons. The second kappa shape index (κ2) is 9.04. The summed E-state index contributed by atoms with van der Waals surface area (Å²) in [6.07, 6.45) is 2.65. The van der Waals surface area contributed by atoms with E-state index < -0.39 is 0 Å². The predicted molar refractivity (Wildman–Crippen MR) is 106 cm³/mol. The number of benzene rings is 1. The molecule has 2 aliphatic rings. The first kappa shape index (κ1) is 20.1. The van der Waals surface area contributed by atoms with E-state index in [-0.39, 0.29) is 18.3 Å². The molecule has 2 heterocycles. The molecular formula is C21H33N3O3. The minimum absolute atomic E-state index is 0.0544. The van der Waals surface area contributed by atoms with Crippen molar-refractivity contribution in [2.45, 2.75) is 32.2 Å². The van der Waals surface area contributed by atoms with E-state index >= 15 is 0 Å². The normalized spacial score (nSPS) is 24.9. The van der Waals surface area contributed by atoms with Crippen LogP contribution in [0.25, 0.3) is 0 Å². The highest BCUT2D eigenvalue weighted by molar-refractivity contribution is 5.97. The SMILES string of the molecule is Cc1ccc(O)c(C(=O)N2CC[C@@H](N3CCN(C)CC3)[C@@H](CCCO)C2)c1. The van der Waals surface area contributed by atoms with E-state index in [4.69, 9.17) is 0 Å². The third-order valence-corrected chi connectivity index (χ3v) is 6.10. The number of carbonyl (C=O) groups is 1. The maximum atomic E-state index is 13.0. The molecular weight excluding hydrogens is 342 g/mol. The zero-order valence-corrected chi connectivity index (χ0v) is 16.6. The van der Waals surface area contributed by atoms with Gasteiger partial charge in [0.15, 0.2) is 0 Å². The predicted octanol–water partition coefficient (Wildman–Crippen LogP) is 1.55. The fourth-order valence-electron chi connectivity index (χ4n) is 4.47. The second-order valence-electron chi connectivity index (χ2n) is 8.09. The van der Waals surface area contributed by atoms with E-state index in [2.05, 4.69) is 16.8 Å². The minimum atomic E-state index is -0.0815. The summed E-state index contributed by atoms with van der Waals surface area (Å²) in [6, 6.07) is 5.66. The first-order valence-electron chi connectivity index (χ1n) is 10.1. The first-order chi connectivity index (χ1) is 13.0. The van der Waals surface area contributed by atoms with E-state index in [1.54, 1.807) is 12.1 Å². The van der Waals surface area contributed by atoms with Gasteiger partial charge >= 0.3 is 0 Å². The molecule has 0 saturated carbocycles. The maximum Gasteiger partial charge on any atom is 0.257 e. The van der Waals surface area contributed by atoms with Crippen molar-refractivity contribution >= 4 is 5.91 Å². The van der Waals surface area contributed by atoms with Crippen molar-refractivity contribution in [2.24, 2.45) is 5.92 Å². The van der Waals surface area contributed by atoms with Crippen molar-refractivity contribution in [3.8, 4) is 5.75 Å². The number of likely N-dealkylation sites (N-methyl/N-ethyl adjacent to an activating group) is 1. The lowest BCUT2D eigenvalue weighted by Crippen LogP contribution is -2.56. The molecule has 0 aromatic heterocycles.